The Morgan fingerprint density at radius 2 is 2.27 bits per heavy atom. The molecule has 4 heteroatoms. The predicted octanol–water partition coefficient (Wildman–Crippen LogP) is 1.52. The molecule has 1 rings (SSSR count). The van der Waals surface area contributed by atoms with Crippen LogP contribution in [0.25, 0.3) is 0 Å². The van der Waals surface area contributed by atoms with Gasteiger partial charge < -0.3 is 4.74 Å². The fraction of sp³-hybridized carbons (Fsp3) is 0.286. The summed E-state index contributed by atoms with van der Waals surface area (Å²) in [6.07, 6.45) is 4.96. The van der Waals surface area contributed by atoms with E-state index in [0.717, 1.165) is 5.57 Å². The van der Waals surface area contributed by atoms with E-state index >= 15 is 0 Å². The van der Waals surface area contributed by atoms with Crippen molar-refractivity contribution >= 4 is 5.90 Å². The summed E-state index contributed by atoms with van der Waals surface area (Å²) in [6.45, 7) is 0. The predicted molar refractivity (Wildman–Crippen MR) is 42.4 cm³/mol. The second-order valence-electron chi connectivity index (χ2n) is 1.85. The molecule has 0 N–H and O–H groups in total. The van der Waals surface area contributed by atoms with Crippen LogP contribution in [0, 0.1) is 0 Å². The van der Waals surface area contributed by atoms with E-state index in [0.29, 0.717) is 5.90 Å². The summed E-state index contributed by atoms with van der Waals surface area (Å²) in [6, 6.07) is 0. The van der Waals surface area contributed by atoms with E-state index in [9.17, 15) is 0 Å². The van der Waals surface area contributed by atoms with Crippen LogP contribution in [-0.4, -0.2) is 20.0 Å². The molecule has 0 fully saturated rings. The van der Waals surface area contributed by atoms with Crippen LogP contribution in [0.3, 0.4) is 0 Å². The Bertz CT molecular complexity index is 250. The van der Waals surface area contributed by atoms with E-state index in [2.05, 4.69) is 15.2 Å². The number of hydrogen-bond acceptors (Lipinski definition) is 4. The monoisotopic (exact) mass is 151 g/mol. The maximum atomic E-state index is 5.01. The van der Waals surface area contributed by atoms with E-state index < -0.39 is 0 Å². The van der Waals surface area contributed by atoms with Crippen molar-refractivity contribution in [2.24, 2.45) is 15.2 Å². The van der Waals surface area contributed by atoms with Gasteiger partial charge in [0.25, 0.3) is 0 Å². The van der Waals surface area contributed by atoms with Crippen LogP contribution in [0.1, 0.15) is 0 Å². The maximum absolute atomic E-state index is 5.01. The van der Waals surface area contributed by atoms with E-state index in [-0.39, 0.29) is 0 Å². The zero-order chi connectivity index (χ0) is 8.10. The molecule has 1 aliphatic rings. The van der Waals surface area contributed by atoms with Crippen LogP contribution < -0.4 is 0 Å². The third-order valence-corrected chi connectivity index (χ3v) is 1.19. The third kappa shape index (κ3) is 1.73. The van der Waals surface area contributed by atoms with E-state index in [1.807, 2.05) is 0 Å². The molecule has 0 saturated carbocycles. The minimum atomic E-state index is 0.581. The van der Waals surface area contributed by atoms with Gasteiger partial charge >= 0.3 is 0 Å². The average molecular weight is 151 g/mol. The molecule has 0 saturated heterocycles. The molecule has 0 aromatic rings. The van der Waals surface area contributed by atoms with Gasteiger partial charge in [-0.05, 0) is 6.08 Å². The molecular weight excluding hydrogens is 142 g/mol. The summed E-state index contributed by atoms with van der Waals surface area (Å²) < 4.78 is 5.01. The van der Waals surface area contributed by atoms with Crippen molar-refractivity contribution in [3.63, 3.8) is 0 Å². The zero-order valence-corrected chi connectivity index (χ0v) is 6.48. The fourth-order valence-electron chi connectivity index (χ4n) is 0.711. The first-order valence-electron chi connectivity index (χ1n) is 3.18. The molecule has 0 amide bonds. The summed E-state index contributed by atoms with van der Waals surface area (Å²) in [5.74, 6) is 0.581. The Hall–Kier alpha value is -1.45. The molecule has 0 aromatic carbocycles. The number of azo groups is 1. The van der Waals surface area contributed by atoms with Crippen LogP contribution in [0.2, 0.25) is 0 Å². The van der Waals surface area contributed by atoms with Crippen LogP contribution >= 0.6 is 0 Å². The molecule has 4 nitrogen and oxygen atoms in total. The van der Waals surface area contributed by atoms with Crippen LogP contribution in [-0.2, 0) is 4.74 Å². The van der Waals surface area contributed by atoms with Gasteiger partial charge in [-0.3, -0.25) is 4.99 Å². The van der Waals surface area contributed by atoms with Crippen LogP contribution in [0.15, 0.2) is 39.3 Å². The Labute approximate surface area is 65.0 Å². The first kappa shape index (κ1) is 7.65. The van der Waals surface area contributed by atoms with Gasteiger partial charge in [-0.25, -0.2) is 0 Å². The lowest BCUT2D eigenvalue weighted by Crippen LogP contribution is -1.95. The molecule has 0 atom stereocenters. The molecule has 0 bridgehead atoms. The highest BCUT2D eigenvalue weighted by Crippen LogP contribution is 2.10. The van der Waals surface area contributed by atoms with Crippen molar-refractivity contribution in [1.29, 1.82) is 0 Å². The molecule has 11 heavy (non-hydrogen) atoms. The summed E-state index contributed by atoms with van der Waals surface area (Å²) in [4.78, 5) is 3.88. The zero-order valence-electron chi connectivity index (χ0n) is 6.48. The van der Waals surface area contributed by atoms with Crippen molar-refractivity contribution in [3.8, 4) is 0 Å². The van der Waals surface area contributed by atoms with Crippen molar-refractivity contribution in [2.75, 3.05) is 14.1 Å². The quantitative estimate of drug-likeness (QED) is 0.524. The molecular formula is C7H9N3O. The smallest absolute Gasteiger partial charge is 0.222 e. The average Bonchev–Trinajstić information content (AvgIpc) is 2.47. The Morgan fingerprint density at radius 3 is 2.91 bits per heavy atom. The van der Waals surface area contributed by atoms with Crippen molar-refractivity contribution in [1.82, 2.24) is 0 Å². The van der Waals surface area contributed by atoms with Gasteiger partial charge in [0, 0.05) is 14.1 Å². The van der Waals surface area contributed by atoms with Gasteiger partial charge in [0.15, 0.2) is 0 Å². The van der Waals surface area contributed by atoms with Gasteiger partial charge in [0.2, 0.25) is 5.90 Å². The minimum Gasteiger partial charge on any atom is -0.446 e. The lowest BCUT2D eigenvalue weighted by molar-refractivity contribution is 0.486. The normalized spacial score (nSPS) is 23.8. The van der Waals surface area contributed by atoms with Gasteiger partial charge in [-0.15, -0.1) is 0 Å². The topological polar surface area (TPSA) is 46.3 Å². The third-order valence-electron chi connectivity index (χ3n) is 1.19. The largest absolute Gasteiger partial charge is 0.446 e. The second kappa shape index (κ2) is 3.65. The molecule has 0 unspecified atom stereocenters. The summed E-state index contributed by atoms with van der Waals surface area (Å²) in [5, 5.41) is 7.27. The summed E-state index contributed by atoms with van der Waals surface area (Å²) in [5.41, 5.74) is 0.845. The van der Waals surface area contributed by atoms with Crippen molar-refractivity contribution < 1.29 is 4.74 Å². The number of aliphatic imine (C=N–C) groups is 1. The Morgan fingerprint density at radius 1 is 1.45 bits per heavy atom. The molecule has 0 aromatic heterocycles. The molecule has 0 radical (unpaired) electrons. The number of hydrogen-bond donors (Lipinski definition) is 0. The van der Waals surface area contributed by atoms with Gasteiger partial charge in [0.1, 0.15) is 0 Å². The van der Waals surface area contributed by atoms with E-state index in [1.165, 1.54) is 0 Å². The second-order valence-corrected chi connectivity index (χ2v) is 1.85. The Kier molecular flexibility index (Phi) is 2.54. The van der Waals surface area contributed by atoms with Crippen molar-refractivity contribution in [2.45, 2.75) is 0 Å². The van der Waals surface area contributed by atoms with Crippen molar-refractivity contribution in [3.05, 3.63) is 24.1 Å². The molecule has 58 valence electrons. The van der Waals surface area contributed by atoms with Crippen LogP contribution in [0.4, 0.5) is 0 Å². The van der Waals surface area contributed by atoms with Gasteiger partial charge in [0.05, 0.1) is 18.0 Å². The van der Waals surface area contributed by atoms with E-state index in [1.54, 1.807) is 32.6 Å². The molecule has 0 spiro atoms. The first-order chi connectivity index (χ1) is 5.38. The standard InChI is InChI=1S/C7H9N3O/c1-8-7-6(3-4-11-7)5-10-9-2/h3-5H,1-2H3/b6-5-,8-7?,10-9?. The highest BCUT2D eigenvalue weighted by molar-refractivity contribution is 5.98. The van der Waals surface area contributed by atoms with Crippen LogP contribution in [0.5, 0.6) is 0 Å². The van der Waals surface area contributed by atoms with Gasteiger partial charge in [-0.2, -0.15) is 10.2 Å². The molecule has 1 heterocycles. The lowest BCUT2D eigenvalue weighted by Gasteiger charge is -1.93. The SMILES string of the molecule is CN=N/C=C1/C=COC1=NC. The molecule has 1 aliphatic heterocycles. The number of nitrogens with zero attached hydrogens (tertiary/aromatic N) is 3. The number of ether oxygens (including phenoxy) is 1. The van der Waals surface area contributed by atoms with Gasteiger partial charge in [-0.1, -0.05) is 0 Å². The number of rotatable bonds is 1. The fourth-order valence-corrected chi connectivity index (χ4v) is 0.711. The highest BCUT2D eigenvalue weighted by atomic mass is 16.5. The summed E-state index contributed by atoms with van der Waals surface area (Å²) in [7, 11) is 3.28. The van der Waals surface area contributed by atoms with E-state index in [4.69, 9.17) is 4.74 Å². The highest BCUT2D eigenvalue weighted by Gasteiger charge is 2.08. The maximum Gasteiger partial charge on any atom is 0.222 e. The molecule has 0 aliphatic carbocycles. The first-order valence-corrected chi connectivity index (χ1v) is 3.18. The summed E-state index contributed by atoms with van der Waals surface area (Å²) >= 11 is 0. The Balaban J connectivity index is 2.78. The lowest BCUT2D eigenvalue weighted by atomic mass is 10.3. The minimum absolute atomic E-state index is 0.581.